The number of H-pyrrole nitrogens is 1. The van der Waals surface area contributed by atoms with Gasteiger partial charge in [0.25, 0.3) is 0 Å². The Balaban J connectivity index is 2.31. The summed E-state index contributed by atoms with van der Waals surface area (Å²) in [5, 5.41) is 3.01. The monoisotopic (exact) mass is 282 g/mol. The van der Waals surface area contributed by atoms with Crippen LogP contribution in [0.4, 0.5) is 5.82 Å². The highest BCUT2D eigenvalue weighted by atomic mass is 16.6. The number of hydrogen-bond donors (Lipinski definition) is 2. The van der Waals surface area contributed by atoms with Crippen molar-refractivity contribution in [3.8, 4) is 0 Å². The minimum atomic E-state index is -0.139. The Morgan fingerprint density at radius 1 is 1.40 bits per heavy atom. The molecule has 2 heterocycles. The highest BCUT2D eigenvalue weighted by molar-refractivity contribution is 5.45. The predicted molar refractivity (Wildman–Crippen MR) is 76.1 cm³/mol. The number of aromatic nitrogens is 1. The van der Waals surface area contributed by atoms with Crippen LogP contribution >= 0.6 is 0 Å². The molecule has 6 nitrogen and oxygen atoms in total. The van der Waals surface area contributed by atoms with Crippen molar-refractivity contribution in [3.63, 3.8) is 0 Å². The van der Waals surface area contributed by atoms with Crippen LogP contribution in [0.25, 0.3) is 0 Å². The second-order valence-corrected chi connectivity index (χ2v) is 5.01. The number of anilines is 1. The van der Waals surface area contributed by atoms with E-state index in [4.69, 9.17) is 14.2 Å². The van der Waals surface area contributed by atoms with Crippen molar-refractivity contribution in [1.82, 2.24) is 4.98 Å². The molecule has 0 bridgehead atoms. The zero-order valence-corrected chi connectivity index (χ0v) is 12.3. The lowest BCUT2D eigenvalue weighted by Gasteiger charge is -2.20. The number of hydrogen-bond acceptors (Lipinski definition) is 5. The van der Waals surface area contributed by atoms with Crippen LogP contribution in [0.3, 0.4) is 0 Å². The number of ether oxygens (including phenoxy) is 3. The Labute approximate surface area is 118 Å². The van der Waals surface area contributed by atoms with Gasteiger partial charge in [0.05, 0.1) is 18.8 Å². The van der Waals surface area contributed by atoms with Crippen molar-refractivity contribution < 1.29 is 14.2 Å². The second kappa shape index (κ2) is 6.39. The molecule has 2 N–H and O–H groups in total. The first-order valence-electron chi connectivity index (χ1n) is 6.70. The molecule has 1 aromatic rings. The molecule has 1 unspecified atom stereocenters. The molecule has 0 aliphatic carbocycles. The van der Waals surface area contributed by atoms with Crippen LogP contribution in [0.15, 0.2) is 16.9 Å². The van der Waals surface area contributed by atoms with Gasteiger partial charge in [-0.15, -0.1) is 0 Å². The Morgan fingerprint density at radius 2 is 2.15 bits per heavy atom. The number of methoxy groups -OCH3 is 2. The van der Waals surface area contributed by atoms with Gasteiger partial charge in [0.15, 0.2) is 0 Å². The summed E-state index contributed by atoms with van der Waals surface area (Å²) in [4.78, 5) is 14.2. The Hall–Kier alpha value is -1.37. The van der Waals surface area contributed by atoms with Crippen LogP contribution in [0.5, 0.6) is 0 Å². The molecule has 1 aromatic heterocycles. The Bertz CT molecular complexity index is 502. The van der Waals surface area contributed by atoms with E-state index in [1.807, 2.05) is 0 Å². The SMILES string of the molecule is CNc1[nH]c(=O)ccc1[C@@H]1O[C@H](COC)[C@H](OC)C1C. The van der Waals surface area contributed by atoms with Gasteiger partial charge in [0, 0.05) is 38.8 Å². The van der Waals surface area contributed by atoms with Crippen LogP contribution in [0.2, 0.25) is 0 Å². The minimum absolute atomic E-state index is 0.0309. The zero-order chi connectivity index (χ0) is 14.7. The molecular formula is C14H22N2O4. The third-order valence-corrected chi connectivity index (χ3v) is 3.79. The molecular weight excluding hydrogens is 260 g/mol. The van der Waals surface area contributed by atoms with Gasteiger partial charge in [-0.2, -0.15) is 0 Å². The number of nitrogens with one attached hydrogen (secondary N) is 2. The van der Waals surface area contributed by atoms with Gasteiger partial charge in [-0.1, -0.05) is 6.92 Å². The first-order valence-corrected chi connectivity index (χ1v) is 6.70. The Morgan fingerprint density at radius 3 is 2.75 bits per heavy atom. The standard InChI is InChI=1S/C14H22N2O4/c1-8-12(20-10(7-18-3)13(8)19-4)9-5-6-11(17)16-14(9)15-2/h5-6,8,10,12-13H,7H2,1-4H3,(H2,15,16,17)/t8?,10-,12-,13-/m1/s1. The maximum Gasteiger partial charge on any atom is 0.249 e. The first kappa shape index (κ1) is 15.0. The van der Waals surface area contributed by atoms with Crippen molar-refractivity contribution >= 4 is 5.82 Å². The van der Waals surface area contributed by atoms with Crippen LogP contribution in [-0.2, 0) is 14.2 Å². The molecule has 0 spiro atoms. The maximum atomic E-state index is 11.4. The van der Waals surface area contributed by atoms with Crippen molar-refractivity contribution in [2.24, 2.45) is 5.92 Å². The first-order chi connectivity index (χ1) is 9.62. The summed E-state index contributed by atoms with van der Waals surface area (Å²) in [6, 6.07) is 3.31. The van der Waals surface area contributed by atoms with E-state index in [0.29, 0.717) is 12.4 Å². The van der Waals surface area contributed by atoms with Gasteiger partial charge in [0.2, 0.25) is 5.56 Å². The van der Waals surface area contributed by atoms with Gasteiger partial charge in [-0.25, -0.2) is 0 Å². The van der Waals surface area contributed by atoms with Gasteiger partial charge in [-0.3, -0.25) is 4.79 Å². The van der Waals surface area contributed by atoms with Crippen LogP contribution in [0, 0.1) is 5.92 Å². The van der Waals surface area contributed by atoms with Gasteiger partial charge >= 0.3 is 0 Å². The summed E-state index contributed by atoms with van der Waals surface area (Å²) in [5.41, 5.74) is 0.792. The van der Waals surface area contributed by atoms with E-state index in [2.05, 4.69) is 17.2 Å². The van der Waals surface area contributed by atoms with Gasteiger partial charge in [0.1, 0.15) is 11.9 Å². The summed E-state index contributed by atoms with van der Waals surface area (Å²) >= 11 is 0. The van der Waals surface area contributed by atoms with E-state index in [9.17, 15) is 4.79 Å². The molecule has 20 heavy (non-hydrogen) atoms. The predicted octanol–water partition coefficient (Wildman–Crippen LogP) is 1.15. The zero-order valence-electron chi connectivity index (χ0n) is 12.3. The molecule has 1 aliphatic heterocycles. The van der Waals surface area contributed by atoms with E-state index in [1.165, 1.54) is 6.07 Å². The average Bonchev–Trinajstić information content (AvgIpc) is 2.75. The summed E-state index contributed by atoms with van der Waals surface area (Å²) < 4.78 is 16.8. The lowest BCUT2D eigenvalue weighted by atomic mass is 9.93. The molecule has 1 fully saturated rings. The highest BCUT2D eigenvalue weighted by Gasteiger charge is 2.43. The number of aromatic amines is 1. The fourth-order valence-corrected chi connectivity index (χ4v) is 2.85. The molecule has 2 rings (SSSR count). The van der Waals surface area contributed by atoms with Crippen LogP contribution < -0.4 is 10.9 Å². The van der Waals surface area contributed by atoms with Crippen LogP contribution in [-0.4, -0.2) is 45.1 Å². The third-order valence-electron chi connectivity index (χ3n) is 3.79. The summed E-state index contributed by atoms with van der Waals surface area (Å²) in [6.07, 6.45) is -0.280. The largest absolute Gasteiger partial charge is 0.382 e. The van der Waals surface area contributed by atoms with Gasteiger partial charge < -0.3 is 24.5 Å². The molecule has 0 aromatic carbocycles. The fourth-order valence-electron chi connectivity index (χ4n) is 2.85. The van der Waals surface area contributed by atoms with E-state index in [1.54, 1.807) is 27.3 Å². The van der Waals surface area contributed by atoms with E-state index in [0.717, 1.165) is 5.56 Å². The molecule has 4 atom stereocenters. The topological polar surface area (TPSA) is 72.6 Å². The van der Waals surface area contributed by atoms with Crippen LogP contribution in [0.1, 0.15) is 18.6 Å². The molecule has 1 saturated heterocycles. The average molecular weight is 282 g/mol. The van der Waals surface area contributed by atoms with E-state index in [-0.39, 0.29) is 29.8 Å². The Kier molecular flexibility index (Phi) is 4.80. The molecule has 0 radical (unpaired) electrons. The van der Waals surface area contributed by atoms with Crippen molar-refractivity contribution in [1.29, 1.82) is 0 Å². The summed E-state index contributed by atoms with van der Waals surface area (Å²) in [5.74, 6) is 0.848. The van der Waals surface area contributed by atoms with Gasteiger partial charge in [-0.05, 0) is 6.07 Å². The van der Waals surface area contributed by atoms with Crippen molar-refractivity contribution in [2.75, 3.05) is 33.2 Å². The number of pyridine rings is 1. The molecule has 0 saturated carbocycles. The van der Waals surface area contributed by atoms with Crippen molar-refractivity contribution in [3.05, 3.63) is 28.0 Å². The molecule has 112 valence electrons. The molecule has 0 amide bonds. The fraction of sp³-hybridized carbons (Fsp3) is 0.643. The summed E-state index contributed by atoms with van der Waals surface area (Å²) in [7, 11) is 5.10. The van der Waals surface area contributed by atoms with E-state index < -0.39 is 0 Å². The normalized spacial score (nSPS) is 29.6. The number of rotatable bonds is 5. The van der Waals surface area contributed by atoms with E-state index >= 15 is 0 Å². The highest BCUT2D eigenvalue weighted by Crippen LogP contribution is 2.41. The lowest BCUT2D eigenvalue weighted by Crippen LogP contribution is -2.31. The quantitative estimate of drug-likeness (QED) is 0.847. The summed E-state index contributed by atoms with van der Waals surface area (Å²) in [6.45, 7) is 2.57. The lowest BCUT2D eigenvalue weighted by molar-refractivity contribution is -0.0446. The smallest absolute Gasteiger partial charge is 0.249 e. The minimum Gasteiger partial charge on any atom is -0.382 e. The maximum absolute atomic E-state index is 11.4. The molecule has 6 heteroatoms. The second-order valence-electron chi connectivity index (χ2n) is 5.01. The van der Waals surface area contributed by atoms with Crippen molar-refractivity contribution in [2.45, 2.75) is 25.2 Å². The molecule has 1 aliphatic rings. The third kappa shape index (κ3) is 2.72.